The van der Waals surface area contributed by atoms with E-state index in [9.17, 15) is 4.39 Å². The molecule has 1 aromatic heterocycles. The summed E-state index contributed by atoms with van der Waals surface area (Å²) in [6.45, 7) is 0. The molecule has 2 rings (SSSR count). The van der Waals surface area contributed by atoms with Gasteiger partial charge in [0.05, 0.1) is 11.9 Å². The van der Waals surface area contributed by atoms with Crippen LogP contribution in [0.4, 0.5) is 10.2 Å². The summed E-state index contributed by atoms with van der Waals surface area (Å²) in [6, 6.07) is 6.15. The molecule has 1 N–H and O–H groups in total. The Kier molecular flexibility index (Phi) is 2.60. The van der Waals surface area contributed by atoms with Crippen LogP contribution in [0.1, 0.15) is 0 Å². The van der Waals surface area contributed by atoms with Gasteiger partial charge in [-0.1, -0.05) is 17.7 Å². The molecule has 0 radical (unpaired) electrons. The summed E-state index contributed by atoms with van der Waals surface area (Å²) < 4.78 is 14.5. The molecule has 15 heavy (non-hydrogen) atoms. The Bertz CT molecular complexity index is 481. The molecule has 0 saturated carbocycles. The Morgan fingerprint density at radius 2 is 2.27 bits per heavy atom. The van der Waals surface area contributed by atoms with E-state index < -0.39 is 0 Å². The monoisotopic (exact) mass is 225 g/mol. The molecule has 0 amide bonds. The molecule has 78 valence electrons. The van der Waals surface area contributed by atoms with Crippen LogP contribution in [0.25, 0.3) is 5.69 Å². The fourth-order valence-electron chi connectivity index (χ4n) is 1.27. The normalized spacial score (nSPS) is 10.3. The van der Waals surface area contributed by atoms with E-state index in [2.05, 4.69) is 10.4 Å². The lowest BCUT2D eigenvalue weighted by atomic mass is 10.3. The fourth-order valence-corrected chi connectivity index (χ4v) is 1.50. The van der Waals surface area contributed by atoms with Crippen molar-refractivity contribution < 1.29 is 4.39 Å². The Balaban J connectivity index is 2.45. The van der Waals surface area contributed by atoms with E-state index in [-0.39, 0.29) is 5.82 Å². The molecule has 2 aromatic rings. The fraction of sp³-hybridized carbons (Fsp3) is 0.100. The molecule has 1 aromatic carbocycles. The van der Waals surface area contributed by atoms with Crippen molar-refractivity contribution in [2.75, 3.05) is 12.4 Å². The number of hydrogen-bond acceptors (Lipinski definition) is 2. The number of benzene rings is 1. The van der Waals surface area contributed by atoms with Gasteiger partial charge in [0.25, 0.3) is 0 Å². The highest BCUT2D eigenvalue weighted by atomic mass is 35.5. The van der Waals surface area contributed by atoms with Gasteiger partial charge in [0.1, 0.15) is 10.8 Å². The van der Waals surface area contributed by atoms with Crippen LogP contribution >= 0.6 is 11.6 Å². The molecule has 1 heterocycles. The highest BCUT2D eigenvalue weighted by Gasteiger charge is 2.06. The van der Waals surface area contributed by atoms with Crippen molar-refractivity contribution >= 4 is 17.4 Å². The summed E-state index contributed by atoms with van der Waals surface area (Å²) >= 11 is 5.90. The first kappa shape index (κ1) is 9.98. The molecular weight excluding hydrogens is 217 g/mol. The van der Waals surface area contributed by atoms with E-state index in [0.29, 0.717) is 16.5 Å². The van der Waals surface area contributed by atoms with Crippen LogP contribution in [0.3, 0.4) is 0 Å². The quantitative estimate of drug-likeness (QED) is 0.852. The lowest BCUT2D eigenvalue weighted by Crippen LogP contribution is -1.96. The molecule has 0 saturated heterocycles. The topological polar surface area (TPSA) is 29.9 Å². The van der Waals surface area contributed by atoms with Crippen molar-refractivity contribution in [2.24, 2.45) is 0 Å². The van der Waals surface area contributed by atoms with Gasteiger partial charge < -0.3 is 5.32 Å². The molecule has 5 heteroatoms. The number of rotatable bonds is 2. The summed E-state index contributed by atoms with van der Waals surface area (Å²) in [5.74, 6) is 0.269. The maximum atomic E-state index is 13.0. The van der Waals surface area contributed by atoms with Crippen LogP contribution in [-0.2, 0) is 0 Å². The first-order valence-electron chi connectivity index (χ1n) is 4.39. The number of aromatic nitrogens is 2. The third-order valence-electron chi connectivity index (χ3n) is 1.98. The molecule has 0 unspecified atom stereocenters. The number of hydrogen-bond donors (Lipinski definition) is 1. The molecule has 0 atom stereocenters. The van der Waals surface area contributed by atoms with E-state index in [4.69, 9.17) is 11.6 Å². The Labute approximate surface area is 91.5 Å². The predicted octanol–water partition coefficient (Wildman–Crippen LogP) is 2.71. The summed E-state index contributed by atoms with van der Waals surface area (Å²) in [7, 11) is 1.73. The minimum absolute atomic E-state index is 0.301. The van der Waals surface area contributed by atoms with Gasteiger partial charge in [0, 0.05) is 7.05 Å². The van der Waals surface area contributed by atoms with Crippen molar-refractivity contribution in [3.05, 3.63) is 41.3 Å². The van der Waals surface area contributed by atoms with Gasteiger partial charge in [-0.3, -0.25) is 0 Å². The lowest BCUT2D eigenvalue weighted by Gasteiger charge is -2.00. The van der Waals surface area contributed by atoms with Crippen LogP contribution in [0, 0.1) is 5.82 Å². The molecule has 0 spiro atoms. The standard InChI is InChI=1S/C10H9ClFN3/c1-13-10-9(11)6-15(14-10)8-4-2-3-7(12)5-8/h2-6H,1H3,(H,13,14). The molecule has 0 aliphatic carbocycles. The minimum atomic E-state index is -0.301. The summed E-state index contributed by atoms with van der Waals surface area (Å²) in [5.41, 5.74) is 0.637. The summed E-state index contributed by atoms with van der Waals surface area (Å²) in [6.07, 6.45) is 1.63. The van der Waals surface area contributed by atoms with Crippen molar-refractivity contribution in [2.45, 2.75) is 0 Å². The van der Waals surface area contributed by atoms with Crippen molar-refractivity contribution in [1.82, 2.24) is 9.78 Å². The smallest absolute Gasteiger partial charge is 0.167 e. The molecule has 3 nitrogen and oxygen atoms in total. The van der Waals surface area contributed by atoms with Gasteiger partial charge in [-0.15, -0.1) is 5.10 Å². The van der Waals surface area contributed by atoms with Crippen molar-refractivity contribution in [3.8, 4) is 5.69 Å². The van der Waals surface area contributed by atoms with Crippen LogP contribution in [-0.4, -0.2) is 16.8 Å². The summed E-state index contributed by atoms with van der Waals surface area (Å²) in [5, 5.41) is 7.49. The van der Waals surface area contributed by atoms with Crippen LogP contribution in [0.2, 0.25) is 5.02 Å². The van der Waals surface area contributed by atoms with Crippen LogP contribution in [0.15, 0.2) is 30.5 Å². The second kappa shape index (κ2) is 3.90. The average Bonchev–Trinajstić information content (AvgIpc) is 2.60. The highest BCUT2D eigenvalue weighted by Crippen LogP contribution is 2.21. The third-order valence-corrected chi connectivity index (χ3v) is 2.26. The number of nitrogens with one attached hydrogen (secondary N) is 1. The second-order valence-electron chi connectivity index (χ2n) is 3.00. The van der Waals surface area contributed by atoms with Gasteiger partial charge in [-0.25, -0.2) is 9.07 Å². The maximum Gasteiger partial charge on any atom is 0.167 e. The SMILES string of the molecule is CNc1nn(-c2cccc(F)c2)cc1Cl. The Morgan fingerprint density at radius 1 is 1.47 bits per heavy atom. The Morgan fingerprint density at radius 3 is 2.87 bits per heavy atom. The molecule has 0 aliphatic rings. The zero-order valence-electron chi connectivity index (χ0n) is 8.04. The van der Waals surface area contributed by atoms with E-state index in [1.807, 2.05) is 0 Å². The Hall–Kier alpha value is -1.55. The first-order valence-corrected chi connectivity index (χ1v) is 4.77. The molecular formula is C10H9ClFN3. The van der Waals surface area contributed by atoms with Crippen molar-refractivity contribution in [1.29, 1.82) is 0 Å². The predicted molar refractivity (Wildman–Crippen MR) is 58.1 cm³/mol. The van der Waals surface area contributed by atoms with E-state index in [0.717, 1.165) is 0 Å². The van der Waals surface area contributed by atoms with E-state index in [1.165, 1.54) is 16.8 Å². The van der Waals surface area contributed by atoms with Gasteiger partial charge in [-0.2, -0.15) is 0 Å². The van der Waals surface area contributed by atoms with Gasteiger partial charge in [0.15, 0.2) is 5.82 Å². The molecule has 0 aliphatic heterocycles. The highest BCUT2D eigenvalue weighted by molar-refractivity contribution is 6.32. The number of nitrogens with zero attached hydrogens (tertiary/aromatic N) is 2. The van der Waals surface area contributed by atoms with Gasteiger partial charge in [0.2, 0.25) is 0 Å². The third kappa shape index (κ3) is 1.94. The zero-order chi connectivity index (χ0) is 10.8. The number of anilines is 1. The molecule has 0 bridgehead atoms. The lowest BCUT2D eigenvalue weighted by molar-refractivity contribution is 0.625. The van der Waals surface area contributed by atoms with Gasteiger partial charge >= 0.3 is 0 Å². The molecule has 0 fully saturated rings. The maximum absolute atomic E-state index is 13.0. The van der Waals surface area contributed by atoms with Gasteiger partial charge in [-0.05, 0) is 18.2 Å². The van der Waals surface area contributed by atoms with Crippen LogP contribution in [0.5, 0.6) is 0 Å². The zero-order valence-corrected chi connectivity index (χ0v) is 8.79. The number of halogens is 2. The first-order chi connectivity index (χ1) is 7.20. The van der Waals surface area contributed by atoms with E-state index in [1.54, 1.807) is 25.4 Å². The van der Waals surface area contributed by atoms with Crippen molar-refractivity contribution in [3.63, 3.8) is 0 Å². The minimum Gasteiger partial charge on any atom is -0.370 e. The second-order valence-corrected chi connectivity index (χ2v) is 3.41. The van der Waals surface area contributed by atoms with E-state index >= 15 is 0 Å². The van der Waals surface area contributed by atoms with Crippen LogP contribution < -0.4 is 5.32 Å². The average molecular weight is 226 g/mol. The summed E-state index contributed by atoms with van der Waals surface area (Å²) in [4.78, 5) is 0. The largest absolute Gasteiger partial charge is 0.370 e.